The van der Waals surface area contributed by atoms with E-state index in [9.17, 15) is 34.8 Å². The van der Waals surface area contributed by atoms with Crippen molar-refractivity contribution in [1.82, 2.24) is 14.7 Å². The highest BCUT2D eigenvalue weighted by molar-refractivity contribution is 6.24. The molecule has 1 aromatic carbocycles. The number of hydrogen-bond acceptors (Lipinski definition) is 10. The fraction of sp³-hybridized carbons (Fsp3) is 0.536. The lowest BCUT2D eigenvalue weighted by atomic mass is 9.57. The molecule has 12 heteroatoms. The Morgan fingerprint density at radius 2 is 1.85 bits per heavy atom. The third-order valence-electron chi connectivity index (χ3n) is 9.10. The van der Waals surface area contributed by atoms with Crippen molar-refractivity contribution in [3.05, 3.63) is 45.5 Å². The Morgan fingerprint density at radius 3 is 2.42 bits per heavy atom. The predicted molar refractivity (Wildman–Crippen MR) is 142 cm³/mol. The molecule has 6 N–H and O–H groups in total. The molecule has 1 aliphatic heterocycles. The number of likely N-dealkylation sites (tertiary alicyclic amines) is 1. The average Bonchev–Trinajstić information content (AvgIpc) is 3.33. The molecule has 11 nitrogen and oxygen atoms in total. The zero-order chi connectivity index (χ0) is 29.4. The number of phenolic OH excluding ortho intramolecular Hbond substituents is 1. The standard InChI is InChI=1S/C28H35FN4O7/c1-31(2)14-5-6-33(11-14)10-13-9-17(34)19-15(21(13)29)7-12-8-16-22(32(3)4)24(36)20(27(30)39)26(38)28(16,40)25(37)18(12)23(19)35/h9,12,14,16,22,34-35,38,40H,5-8,10-11H2,1-4H3,(H2,30,39)/t12-,14-,16?,22-,28-/m0/s1. The zero-order valence-electron chi connectivity index (χ0n) is 22.9. The maximum Gasteiger partial charge on any atom is 0.255 e. The Kier molecular flexibility index (Phi) is 6.81. The summed E-state index contributed by atoms with van der Waals surface area (Å²) in [5.74, 6) is -8.16. The molecule has 3 aliphatic carbocycles. The number of amides is 1. The highest BCUT2D eigenvalue weighted by Crippen LogP contribution is 2.53. The van der Waals surface area contributed by atoms with Crippen LogP contribution in [0.4, 0.5) is 4.39 Å². The maximum absolute atomic E-state index is 16.0. The molecule has 0 bridgehead atoms. The molecule has 2 fully saturated rings. The number of carbonyl (C=O) groups is 3. The Morgan fingerprint density at radius 1 is 1.18 bits per heavy atom. The number of nitrogens with zero attached hydrogens (tertiary/aromatic N) is 3. The first-order valence-electron chi connectivity index (χ1n) is 13.3. The van der Waals surface area contributed by atoms with Gasteiger partial charge in [-0.25, -0.2) is 4.39 Å². The van der Waals surface area contributed by atoms with Gasteiger partial charge in [0.1, 0.15) is 28.7 Å². The number of nitrogens with two attached hydrogens (primary N) is 1. The third kappa shape index (κ3) is 3.96. The summed E-state index contributed by atoms with van der Waals surface area (Å²) in [6, 6.07) is 0.379. The van der Waals surface area contributed by atoms with Crippen LogP contribution in [0.25, 0.3) is 5.76 Å². The van der Waals surface area contributed by atoms with Gasteiger partial charge in [-0.15, -0.1) is 0 Å². The Hall–Kier alpha value is -3.32. The first-order valence-corrected chi connectivity index (χ1v) is 13.3. The van der Waals surface area contributed by atoms with Crippen LogP contribution in [0.15, 0.2) is 23.0 Å². The normalized spacial score (nSPS) is 30.7. The molecule has 5 atom stereocenters. The van der Waals surface area contributed by atoms with Crippen LogP contribution in [0, 0.1) is 17.7 Å². The quantitative estimate of drug-likeness (QED) is 0.316. The van der Waals surface area contributed by atoms with Gasteiger partial charge >= 0.3 is 0 Å². The fourth-order valence-corrected chi connectivity index (χ4v) is 7.08. The Balaban J connectivity index is 1.59. The molecule has 1 aromatic rings. The molecule has 40 heavy (non-hydrogen) atoms. The third-order valence-corrected chi connectivity index (χ3v) is 9.10. The number of Topliss-reactive ketones (excluding diaryl/α,β-unsaturated/α-hetero) is 2. The second kappa shape index (κ2) is 9.65. The molecule has 1 amide bonds. The van der Waals surface area contributed by atoms with Gasteiger partial charge in [0, 0.05) is 48.3 Å². The van der Waals surface area contributed by atoms with Gasteiger partial charge in [0.05, 0.1) is 11.6 Å². The van der Waals surface area contributed by atoms with Crippen LogP contribution in [0.1, 0.15) is 29.5 Å². The summed E-state index contributed by atoms with van der Waals surface area (Å²) in [6.07, 6.45) is 0.756. The van der Waals surface area contributed by atoms with Crippen LogP contribution in [0.5, 0.6) is 5.75 Å². The van der Waals surface area contributed by atoms with E-state index < -0.39 is 69.6 Å². The number of hydrogen-bond donors (Lipinski definition) is 5. The second-order valence-corrected chi connectivity index (χ2v) is 11.8. The van der Waals surface area contributed by atoms with E-state index >= 15 is 4.39 Å². The lowest BCUT2D eigenvalue weighted by Crippen LogP contribution is -2.65. The lowest BCUT2D eigenvalue weighted by molar-refractivity contribution is -0.153. The van der Waals surface area contributed by atoms with Gasteiger partial charge in [0.25, 0.3) is 5.91 Å². The van der Waals surface area contributed by atoms with Crippen LogP contribution in [0.3, 0.4) is 0 Å². The van der Waals surface area contributed by atoms with Crippen molar-refractivity contribution in [3.8, 4) is 5.75 Å². The summed E-state index contributed by atoms with van der Waals surface area (Å²) in [7, 11) is 7.03. The number of benzene rings is 1. The number of fused-ring (bicyclic) bond motifs is 3. The SMILES string of the molecule is CN(C)[C@H]1CCN(Cc2cc(O)c3c(c2F)C[C@H]2CC4[C@H](N(C)C)C(=O)C(C(N)=O)=C(O)[C@@]4(O)C(=O)C2=C3O)C1. The number of halogens is 1. The molecule has 4 aliphatic rings. The highest BCUT2D eigenvalue weighted by atomic mass is 19.1. The minimum atomic E-state index is -2.72. The van der Waals surface area contributed by atoms with Crippen molar-refractivity contribution in [2.75, 3.05) is 41.3 Å². The van der Waals surface area contributed by atoms with E-state index in [1.807, 2.05) is 14.1 Å². The van der Waals surface area contributed by atoms with Gasteiger partial charge in [0.15, 0.2) is 11.4 Å². The van der Waals surface area contributed by atoms with Gasteiger partial charge in [0.2, 0.25) is 5.78 Å². The zero-order valence-corrected chi connectivity index (χ0v) is 22.9. The van der Waals surface area contributed by atoms with Crippen molar-refractivity contribution in [3.63, 3.8) is 0 Å². The van der Waals surface area contributed by atoms with E-state index in [-0.39, 0.29) is 41.6 Å². The number of aliphatic hydroxyl groups excluding tert-OH is 2. The summed E-state index contributed by atoms with van der Waals surface area (Å²) in [6.45, 7) is 1.75. The van der Waals surface area contributed by atoms with E-state index in [1.54, 1.807) is 0 Å². The largest absolute Gasteiger partial charge is 0.508 e. The smallest absolute Gasteiger partial charge is 0.255 e. The Bertz CT molecular complexity index is 1390. The van der Waals surface area contributed by atoms with E-state index in [2.05, 4.69) is 9.80 Å². The summed E-state index contributed by atoms with van der Waals surface area (Å²) in [5, 5.41) is 44.7. The molecule has 216 valence electrons. The molecule has 1 saturated heterocycles. The summed E-state index contributed by atoms with van der Waals surface area (Å²) >= 11 is 0. The van der Waals surface area contributed by atoms with Crippen LogP contribution < -0.4 is 5.73 Å². The first-order chi connectivity index (χ1) is 18.7. The van der Waals surface area contributed by atoms with Crippen molar-refractivity contribution >= 4 is 23.2 Å². The highest BCUT2D eigenvalue weighted by Gasteiger charge is 2.64. The number of rotatable bonds is 5. The lowest BCUT2D eigenvalue weighted by Gasteiger charge is -2.50. The van der Waals surface area contributed by atoms with Gasteiger partial charge in [-0.3, -0.25) is 24.2 Å². The predicted octanol–water partition coefficient (Wildman–Crippen LogP) is 0.239. The van der Waals surface area contributed by atoms with E-state index in [0.29, 0.717) is 6.04 Å². The molecule has 0 aromatic heterocycles. The van der Waals surface area contributed by atoms with Gasteiger partial charge < -0.3 is 31.1 Å². The van der Waals surface area contributed by atoms with Gasteiger partial charge in [-0.05, 0) is 59.4 Å². The number of likely N-dealkylation sites (N-methyl/N-ethyl adjacent to an activating group) is 2. The van der Waals surface area contributed by atoms with Crippen LogP contribution in [-0.2, 0) is 27.3 Å². The average molecular weight is 559 g/mol. The molecule has 0 radical (unpaired) electrons. The Labute approximate surface area is 231 Å². The van der Waals surface area contributed by atoms with Crippen LogP contribution >= 0.6 is 0 Å². The summed E-state index contributed by atoms with van der Waals surface area (Å²) in [4.78, 5) is 44.7. The minimum absolute atomic E-state index is 0.0453. The first kappa shape index (κ1) is 28.2. The molecule has 1 unspecified atom stereocenters. The maximum atomic E-state index is 16.0. The molecule has 1 heterocycles. The van der Waals surface area contributed by atoms with Gasteiger partial charge in [-0.1, -0.05) is 0 Å². The van der Waals surface area contributed by atoms with Crippen molar-refractivity contribution in [2.24, 2.45) is 17.6 Å². The molecule has 0 spiro atoms. The van der Waals surface area contributed by atoms with E-state index in [1.165, 1.54) is 25.1 Å². The van der Waals surface area contributed by atoms with Crippen LogP contribution in [0.2, 0.25) is 0 Å². The van der Waals surface area contributed by atoms with Crippen molar-refractivity contribution < 1.29 is 39.2 Å². The number of phenols is 1. The molecule has 1 saturated carbocycles. The molecular weight excluding hydrogens is 523 g/mol. The number of primary amides is 1. The fourth-order valence-electron chi connectivity index (χ4n) is 7.08. The number of ketones is 2. The monoisotopic (exact) mass is 558 g/mol. The minimum Gasteiger partial charge on any atom is -0.508 e. The van der Waals surface area contributed by atoms with E-state index in [4.69, 9.17) is 5.73 Å². The molecular formula is C28H35FN4O7. The van der Waals surface area contributed by atoms with Crippen molar-refractivity contribution in [2.45, 2.75) is 43.5 Å². The topological polar surface area (TPSA) is 168 Å². The van der Waals surface area contributed by atoms with Crippen LogP contribution in [-0.4, -0.2) is 112 Å². The number of aromatic hydroxyl groups is 1. The van der Waals surface area contributed by atoms with Crippen molar-refractivity contribution in [1.29, 1.82) is 0 Å². The summed E-state index contributed by atoms with van der Waals surface area (Å²) < 4.78 is 16.0. The molecule has 5 rings (SSSR count). The number of carbonyl (C=O) groups excluding carboxylic acids is 3. The van der Waals surface area contributed by atoms with E-state index in [0.717, 1.165) is 19.5 Å². The summed E-state index contributed by atoms with van der Waals surface area (Å²) in [5.41, 5.74) is 1.49. The number of aliphatic hydroxyl groups is 3. The second-order valence-electron chi connectivity index (χ2n) is 11.8. The van der Waals surface area contributed by atoms with Gasteiger partial charge in [-0.2, -0.15) is 0 Å².